The summed E-state index contributed by atoms with van der Waals surface area (Å²) in [6.45, 7) is 8.80. The van der Waals surface area contributed by atoms with Gasteiger partial charge in [0.2, 0.25) is 5.91 Å². The fourth-order valence-corrected chi connectivity index (χ4v) is 3.80. The molecule has 2 heterocycles. The van der Waals surface area contributed by atoms with Crippen molar-refractivity contribution in [1.82, 2.24) is 14.4 Å². The summed E-state index contributed by atoms with van der Waals surface area (Å²) in [4.78, 5) is 29.5. The molecule has 0 radical (unpaired) electrons. The number of nitrogens with zero attached hydrogens (tertiary/aromatic N) is 3. The second-order valence-corrected chi connectivity index (χ2v) is 7.66. The molecule has 1 aromatic heterocycles. The Morgan fingerprint density at radius 1 is 1.04 bits per heavy atom. The SMILES string of the molecule is Cc1c(C(=O)N2CCCN(C(=O)CC(C)C)CC2)c2ccccc2n1C. The second-order valence-electron chi connectivity index (χ2n) is 7.66. The van der Waals surface area contributed by atoms with Crippen LogP contribution in [0.5, 0.6) is 0 Å². The van der Waals surface area contributed by atoms with Crippen molar-refractivity contribution in [2.24, 2.45) is 13.0 Å². The summed E-state index contributed by atoms with van der Waals surface area (Å²) >= 11 is 0. The van der Waals surface area contributed by atoms with Gasteiger partial charge in [0.1, 0.15) is 0 Å². The molecule has 5 nitrogen and oxygen atoms in total. The highest BCUT2D eigenvalue weighted by Crippen LogP contribution is 2.26. The van der Waals surface area contributed by atoms with Crippen LogP contribution in [-0.2, 0) is 11.8 Å². The minimum atomic E-state index is 0.0810. The van der Waals surface area contributed by atoms with E-state index in [0.717, 1.165) is 35.1 Å². The van der Waals surface area contributed by atoms with Crippen molar-refractivity contribution in [3.63, 3.8) is 0 Å². The van der Waals surface area contributed by atoms with Crippen LogP contribution < -0.4 is 0 Å². The molecule has 26 heavy (non-hydrogen) atoms. The van der Waals surface area contributed by atoms with Crippen LogP contribution >= 0.6 is 0 Å². The molecule has 2 amide bonds. The highest BCUT2D eigenvalue weighted by atomic mass is 16.2. The molecule has 0 bridgehead atoms. The zero-order valence-corrected chi connectivity index (χ0v) is 16.3. The van der Waals surface area contributed by atoms with Gasteiger partial charge in [0.05, 0.1) is 5.56 Å². The van der Waals surface area contributed by atoms with Crippen LogP contribution in [0, 0.1) is 12.8 Å². The Bertz CT molecular complexity index is 822. The van der Waals surface area contributed by atoms with Gasteiger partial charge in [-0.05, 0) is 25.3 Å². The van der Waals surface area contributed by atoms with E-state index >= 15 is 0 Å². The third-order valence-corrected chi connectivity index (χ3v) is 5.33. The van der Waals surface area contributed by atoms with Crippen molar-refractivity contribution in [2.45, 2.75) is 33.6 Å². The van der Waals surface area contributed by atoms with E-state index in [-0.39, 0.29) is 11.8 Å². The molecule has 1 aliphatic heterocycles. The lowest BCUT2D eigenvalue weighted by molar-refractivity contribution is -0.131. The Balaban J connectivity index is 1.79. The van der Waals surface area contributed by atoms with Crippen LogP contribution in [0.1, 0.15) is 42.7 Å². The number of aromatic nitrogens is 1. The van der Waals surface area contributed by atoms with Crippen molar-refractivity contribution in [3.8, 4) is 0 Å². The van der Waals surface area contributed by atoms with Crippen LogP contribution in [0.3, 0.4) is 0 Å². The molecule has 1 aromatic carbocycles. The lowest BCUT2D eigenvalue weighted by Crippen LogP contribution is -2.37. The van der Waals surface area contributed by atoms with E-state index in [1.165, 1.54) is 0 Å². The standard InChI is InChI=1S/C21H29N3O2/c1-15(2)14-19(25)23-10-7-11-24(13-12-23)21(26)20-16(3)22(4)18-9-6-5-8-17(18)20/h5-6,8-9,15H,7,10-14H2,1-4H3. The van der Waals surface area contributed by atoms with Gasteiger partial charge in [0, 0.05) is 56.2 Å². The van der Waals surface area contributed by atoms with E-state index in [2.05, 4.69) is 18.4 Å². The van der Waals surface area contributed by atoms with Gasteiger partial charge in [-0.2, -0.15) is 0 Å². The first-order chi connectivity index (χ1) is 12.4. The van der Waals surface area contributed by atoms with Gasteiger partial charge in [-0.3, -0.25) is 9.59 Å². The third kappa shape index (κ3) is 3.48. The number of carbonyl (C=O) groups is 2. The number of carbonyl (C=O) groups excluding carboxylic acids is 2. The maximum Gasteiger partial charge on any atom is 0.256 e. The smallest absolute Gasteiger partial charge is 0.256 e. The van der Waals surface area contributed by atoms with Crippen molar-refractivity contribution < 1.29 is 9.59 Å². The summed E-state index contributed by atoms with van der Waals surface area (Å²) in [5, 5.41) is 1.01. The third-order valence-electron chi connectivity index (χ3n) is 5.33. The van der Waals surface area contributed by atoms with Crippen LogP contribution in [0.25, 0.3) is 10.9 Å². The number of benzene rings is 1. The molecule has 2 aromatic rings. The van der Waals surface area contributed by atoms with Gasteiger partial charge in [-0.15, -0.1) is 0 Å². The molecular weight excluding hydrogens is 326 g/mol. The van der Waals surface area contributed by atoms with E-state index in [9.17, 15) is 9.59 Å². The molecule has 0 spiro atoms. The highest BCUT2D eigenvalue weighted by molar-refractivity contribution is 6.08. The summed E-state index contributed by atoms with van der Waals surface area (Å²) in [6.07, 6.45) is 1.41. The largest absolute Gasteiger partial charge is 0.347 e. The van der Waals surface area contributed by atoms with Crippen molar-refractivity contribution in [2.75, 3.05) is 26.2 Å². The fourth-order valence-electron chi connectivity index (χ4n) is 3.80. The predicted octanol–water partition coefficient (Wildman–Crippen LogP) is 3.21. The van der Waals surface area contributed by atoms with Gasteiger partial charge in [0.15, 0.2) is 0 Å². The average molecular weight is 355 g/mol. The minimum Gasteiger partial charge on any atom is -0.347 e. The number of para-hydroxylation sites is 1. The Hall–Kier alpha value is -2.30. The maximum atomic E-state index is 13.3. The lowest BCUT2D eigenvalue weighted by atomic mass is 10.1. The van der Waals surface area contributed by atoms with Crippen molar-refractivity contribution in [3.05, 3.63) is 35.5 Å². The minimum absolute atomic E-state index is 0.0810. The molecule has 0 saturated carbocycles. The summed E-state index contributed by atoms with van der Waals surface area (Å²) in [7, 11) is 2.00. The van der Waals surface area contributed by atoms with E-state index in [4.69, 9.17) is 0 Å². The van der Waals surface area contributed by atoms with Crippen molar-refractivity contribution >= 4 is 22.7 Å². The molecule has 0 unspecified atom stereocenters. The normalized spacial score (nSPS) is 15.6. The molecule has 1 fully saturated rings. The number of aryl methyl sites for hydroxylation is 1. The fraction of sp³-hybridized carbons (Fsp3) is 0.524. The number of hydrogen-bond donors (Lipinski definition) is 0. The predicted molar refractivity (Wildman–Crippen MR) is 104 cm³/mol. The van der Waals surface area contributed by atoms with Crippen LogP contribution in [0.2, 0.25) is 0 Å². The van der Waals surface area contributed by atoms with Crippen LogP contribution in [0.15, 0.2) is 24.3 Å². The van der Waals surface area contributed by atoms with E-state index < -0.39 is 0 Å². The zero-order chi connectivity index (χ0) is 18.8. The second kappa shape index (κ2) is 7.52. The van der Waals surface area contributed by atoms with E-state index in [0.29, 0.717) is 32.0 Å². The number of fused-ring (bicyclic) bond motifs is 1. The quantitative estimate of drug-likeness (QED) is 0.849. The van der Waals surface area contributed by atoms with Gasteiger partial charge in [-0.1, -0.05) is 32.0 Å². The molecule has 0 aliphatic carbocycles. The summed E-state index contributed by atoms with van der Waals surface area (Å²) in [5.74, 6) is 0.648. The Morgan fingerprint density at radius 2 is 1.69 bits per heavy atom. The molecule has 5 heteroatoms. The Kier molecular flexibility index (Phi) is 5.35. The first kappa shape index (κ1) is 18.5. The number of rotatable bonds is 3. The summed E-state index contributed by atoms with van der Waals surface area (Å²) < 4.78 is 2.08. The number of amides is 2. The van der Waals surface area contributed by atoms with Gasteiger partial charge in [0.25, 0.3) is 5.91 Å². The van der Waals surface area contributed by atoms with Gasteiger partial charge < -0.3 is 14.4 Å². The molecule has 1 saturated heterocycles. The maximum absolute atomic E-state index is 13.3. The van der Waals surface area contributed by atoms with E-state index in [1.807, 2.05) is 48.0 Å². The Morgan fingerprint density at radius 3 is 2.42 bits per heavy atom. The topological polar surface area (TPSA) is 45.6 Å². The summed E-state index contributed by atoms with van der Waals surface area (Å²) in [5.41, 5.74) is 2.87. The molecule has 1 aliphatic rings. The first-order valence-electron chi connectivity index (χ1n) is 9.51. The molecule has 0 atom stereocenters. The number of hydrogen-bond acceptors (Lipinski definition) is 2. The monoisotopic (exact) mass is 355 g/mol. The summed E-state index contributed by atoms with van der Waals surface area (Å²) in [6, 6.07) is 8.05. The van der Waals surface area contributed by atoms with E-state index in [1.54, 1.807) is 0 Å². The average Bonchev–Trinajstić information content (AvgIpc) is 2.78. The highest BCUT2D eigenvalue weighted by Gasteiger charge is 2.26. The van der Waals surface area contributed by atoms with Crippen LogP contribution in [-0.4, -0.2) is 52.4 Å². The first-order valence-corrected chi connectivity index (χ1v) is 9.51. The van der Waals surface area contributed by atoms with Gasteiger partial charge >= 0.3 is 0 Å². The van der Waals surface area contributed by atoms with Crippen molar-refractivity contribution in [1.29, 1.82) is 0 Å². The molecular formula is C21H29N3O2. The zero-order valence-electron chi connectivity index (χ0n) is 16.3. The van der Waals surface area contributed by atoms with Crippen LogP contribution in [0.4, 0.5) is 0 Å². The lowest BCUT2D eigenvalue weighted by Gasteiger charge is -2.23. The molecule has 3 rings (SSSR count). The Labute approximate surface area is 155 Å². The van der Waals surface area contributed by atoms with Gasteiger partial charge in [-0.25, -0.2) is 0 Å². The molecule has 0 N–H and O–H groups in total. The molecule has 140 valence electrons.